The maximum Gasteiger partial charge on any atom is 0.273 e. The maximum atomic E-state index is 11.8. The number of aromatic nitrogens is 1. The van der Waals surface area contributed by atoms with Crippen molar-refractivity contribution in [2.75, 3.05) is 20.8 Å². The normalized spacial score (nSPS) is 10.7. The molecule has 0 atom stereocenters. The van der Waals surface area contributed by atoms with Gasteiger partial charge < -0.3 is 19.3 Å². The van der Waals surface area contributed by atoms with Gasteiger partial charge in [0.1, 0.15) is 11.5 Å². The molecule has 2 aromatic rings. The highest BCUT2D eigenvalue weighted by molar-refractivity contribution is 5.93. The summed E-state index contributed by atoms with van der Waals surface area (Å²) >= 11 is 0. The summed E-state index contributed by atoms with van der Waals surface area (Å²) in [7, 11) is 3.20. The smallest absolute Gasteiger partial charge is 0.273 e. The zero-order valence-electron chi connectivity index (χ0n) is 14.1. The number of nitrogens with zero attached hydrogens (tertiary/aromatic N) is 1. The van der Waals surface area contributed by atoms with Gasteiger partial charge in [0, 0.05) is 18.7 Å². The highest BCUT2D eigenvalue weighted by Crippen LogP contribution is 2.39. The summed E-state index contributed by atoms with van der Waals surface area (Å²) in [6, 6.07) is 5.38. The quantitative estimate of drug-likeness (QED) is 0.885. The highest BCUT2D eigenvalue weighted by Gasteiger charge is 2.19. The first-order chi connectivity index (χ1) is 11.0. The lowest BCUT2D eigenvalue weighted by molar-refractivity contribution is 0.0947. The van der Waals surface area contributed by atoms with Crippen molar-refractivity contribution >= 4 is 5.91 Å². The zero-order valence-corrected chi connectivity index (χ0v) is 14.1. The fourth-order valence-electron chi connectivity index (χ4n) is 2.33. The van der Waals surface area contributed by atoms with Crippen LogP contribution in [0.3, 0.4) is 0 Å². The van der Waals surface area contributed by atoms with E-state index in [1.165, 1.54) is 0 Å². The Morgan fingerprint density at radius 1 is 1.22 bits per heavy atom. The number of hydrogen-bond donors (Lipinski definition) is 1. The molecule has 0 spiro atoms. The third-order valence-corrected chi connectivity index (χ3v) is 3.52. The molecule has 23 heavy (non-hydrogen) atoms. The molecule has 0 aliphatic carbocycles. The van der Waals surface area contributed by atoms with Gasteiger partial charge in [-0.3, -0.25) is 4.79 Å². The lowest BCUT2D eigenvalue weighted by Gasteiger charge is -2.15. The molecule has 1 aromatic heterocycles. The van der Waals surface area contributed by atoms with Crippen LogP contribution < -0.4 is 14.8 Å². The van der Waals surface area contributed by atoms with Gasteiger partial charge >= 0.3 is 0 Å². The molecule has 124 valence electrons. The van der Waals surface area contributed by atoms with E-state index in [0.717, 1.165) is 16.9 Å². The largest absolute Gasteiger partial charge is 0.496 e. The van der Waals surface area contributed by atoms with Crippen LogP contribution in [0.1, 0.15) is 42.7 Å². The second-order valence-electron chi connectivity index (χ2n) is 5.38. The van der Waals surface area contributed by atoms with E-state index in [9.17, 15) is 4.79 Å². The number of carbonyl (C=O) groups excluding carboxylic acids is 1. The van der Waals surface area contributed by atoms with Crippen LogP contribution in [0.15, 0.2) is 22.7 Å². The lowest BCUT2D eigenvalue weighted by Crippen LogP contribution is -2.22. The monoisotopic (exact) mass is 318 g/mol. The molecule has 0 fully saturated rings. The van der Waals surface area contributed by atoms with E-state index in [1.54, 1.807) is 20.3 Å². The number of benzene rings is 1. The highest BCUT2D eigenvalue weighted by atomic mass is 16.5. The molecule has 0 radical (unpaired) electrons. The van der Waals surface area contributed by atoms with Crippen LogP contribution >= 0.6 is 0 Å². The first-order valence-corrected chi connectivity index (χ1v) is 7.53. The Morgan fingerprint density at radius 3 is 2.48 bits per heavy atom. The fraction of sp³-hybridized carbons (Fsp3) is 0.412. The number of nitrogens with one attached hydrogen (secondary N) is 1. The molecule has 6 heteroatoms. The van der Waals surface area contributed by atoms with Crippen LogP contribution in [-0.4, -0.2) is 31.8 Å². The van der Waals surface area contributed by atoms with Gasteiger partial charge in [-0.05, 0) is 24.5 Å². The predicted octanol–water partition coefficient (Wildman–Crippen LogP) is 3.23. The van der Waals surface area contributed by atoms with Crippen molar-refractivity contribution in [1.29, 1.82) is 0 Å². The molecule has 0 bridgehead atoms. The van der Waals surface area contributed by atoms with E-state index < -0.39 is 0 Å². The van der Waals surface area contributed by atoms with Crippen molar-refractivity contribution in [3.8, 4) is 22.8 Å². The molecular weight excluding hydrogens is 296 g/mol. The second-order valence-corrected chi connectivity index (χ2v) is 5.38. The molecule has 2 rings (SSSR count). The minimum atomic E-state index is -0.265. The van der Waals surface area contributed by atoms with Crippen LogP contribution in [0.25, 0.3) is 11.3 Å². The summed E-state index contributed by atoms with van der Waals surface area (Å²) in [5.74, 6) is 1.83. The average Bonchev–Trinajstić information content (AvgIpc) is 3.03. The molecule has 0 saturated heterocycles. The SMILES string of the molecule is CCNC(=O)c1cc(-c2cc(C(C)C)c(OC)cc2OC)on1. The third-order valence-electron chi connectivity index (χ3n) is 3.52. The molecule has 1 heterocycles. The first-order valence-electron chi connectivity index (χ1n) is 7.53. The zero-order chi connectivity index (χ0) is 17.0. The van der Waals surface area contributed by atoms with Crippen molar-refractivity contribution in [3.05, 3.63) is 29.5 Å². The summed E-state index contributed by atoms with van der Waals surface area (Å²) < 4.78 is 16.2. The van der Waals surface area contributed by atoms with E-state index >= 15 is 0 Å². The Balaban J connectivity index is 2.49. The van der Waals surface area contributed by atoms with Gasteiger partial charge in [0.2, 0.25) is 0 Å². The van der Waals surface area contributed by atoms with E-state index in [1.807, 2.05) is 19.1 Å². The van der Waals surface area contributed by atoms with Crippen LogP contribution in [-0.2, 0) is 0 Å². The van der Waals surface area contributed by atoms with Crippen molar-refractivity contribution < 1.29 is 18.8 Å². The molecule has 0 aliphatic rings. The number of carbonyl (C=O) groups is 1. The lowest BCUT2D eigenvalue weighted by atomic mass is 9.97. The van der Waals surface area contributed by atoms with Gasteiger partial charge in [0.15, 0.2) is 11.5 Å². The van der Waals surface area contributed by atoms with E-state index in [4.69, 9.17) is 14.0 Å². The number of hydrogen-bond acceptors (Lipinski definition) is 5. The summed E-state index contributed by atoms with van der Waals surface area (Å²) in [4.78, 5) is 11.8. The summed E-state index contributed by atoms with van der Waals surface area (Å²) in [5, 5.41) is 6.52. The molecule has 0 aliphatic heterocycles. The van der Waals surface area contributed by atoms with E-state index in [2.05, 4.69) is 24.3 Å². The molecule has 0 saturated carbocycles. The van der Waals surface area contributed by atoms with Gasteiger partial charge in [-0.1, -0.05) is 19.0 Å². The molecule has 0 unspecified atom stereocenters. The first kappa shape index (κ1) is 16.9. The Hall–Kier alpha value is -2.50. The van der Waals surface area contributed by atoms with Crippen LogP contribution in [0.4, 0.5) is 0 Å². The number of amides is 1. The Kier molecular flexibility index (Phi) is 5.26. The van der Waals surface area contributed by atoms with Gasteiger partial charge in [-0.15, -0.1) is 0 Å². The minimum Gasteiger partial charge on any atom is -0.496 e. The van der Waals surface area contributed by atoms with Crippen LogP contribution in [0.2, 0.25) is 0 Å². The fourth-order valence-corrected chi connectivity index (χ4v) is 2.33. The van der Waals surface area contributed by atoms with Crippen molar-refractivity contribution in [3.63, 3.8) is 0 Å². The molecule has 1 amide bonds. The summed E-state index contributed by atoms with van der Waals surface area (Å²) in [6.45, 7) is 6.54. The molecule has 1 aromatic carbocycles. The number of methoxy groups -OCH3 is 2. The van der Waals surface area contributed by atoms with Gasteiger partial charge in [-0.25, -0.2) is 0 Å². The summed E-state index contributed by atoms with van der Waals surface area (Å²) in [5.41, 5.74) is 2.00. The van der Waals surface area contributed by atoms with Crippen molar-refractivity contribution in [2.24, 2.45) is 0 Å². The van der Waals surface area contributed by atoms with Gasteiger partial charge in [-0.2, -0.15) is 0 Å². The second kappa shape index (κ2) is 7.17. The molecular formula is C17H22N2O4. The molecule has 1 N–H and O–H groups in total. The number of rotatable bonds is 6. The van der Waals surface area contributed by atoms with Gasteiger partial charge in [0.05, 0.1) is 19.8 Å². The van der Waals surface area contributed by atoms with Crippen molar-refractivity contribution in [2.45, 2.75) is 26.7 Å². The number of ether oxygens (including phenoxy) is 2. The van der Waals surface area contributed by atoms with E-state index in [-0.39, 0.29) is 17.5 Å². The maximum absolute atomic E-state index is 11.8. The van der Waals surface area contributed by atoms with Crippen molar-refractivity contribution in [1.82, 2.24) is 10.5 Å². The molecule has 6 nitrogen and oxygen atoms in total. The van der Waals surface area contributed by atoms with Crippen LogP contribution in [0.5, 0.6) is 11.5 Å². The average molecular weight is 318 g/mol. The Labute approximate surface area is 135 Å². The standard InChI is InChI=1S/C17H22N2O4/c1-6-18-17(20)13-8-16(23-19-13)12-7-11(10(2)3)14(21-4)9-15(12)22-5/h7-10H,6H2,1-5H3,(H,18,20). The van der Waals surface area contributed by atoms with Crippen LogP contribution in [0, 0.1) is 0 Å². The Bertz CT molecular complexity index is 692. The summed E-state index contributed by atoms with van der Waals surface area (Å²) in [6.07, 6.45) is 0. The predicted molar refractivity (Wildman–Crippen MR) is 87.1 cm³/mol. The topological polar surface area (TPSA) is 73.6 Å². The van der Waals surface area contributed by atoms with Gasteiger partial charge in [0.25, 0.3) is 5.91 Å². The minimum absolute atomic E-state index is 0.241. The third kappa shape index (κ3) is 3.47. The van der Waals surface area contributed by atoms with E-state index in [0.29, 0.717) is 18.1 Å². The Morgan fingerprint density at radius 2 is 1.91 bits per heavy atom.